The van der Waals surface area contributed by atoms with Crippen LogP contribution in [0, 0.1) is 0 Å². The number of halogens is 1. The van der Waals surface area contributed by atoms with Crippen molar-refractivity contribution in [2.45, 2.75) is 19.0 Å². The number of benzene rings is 2. The van der Waals surface area contributed by atoms with Crippen LogP contribution in [0.4, 0.5) is 4.79 Å². The number of fused-ring (bicyclic) bond motifs is 1. The van der Waals surface area contributed by atoms with Gasteiger partial charge in [-0.2, -0.15) is 0 Å². The molecule has 0 bridgehead atoms. The van der Waals surface area contributed by atoms with Crippen molar-refractivity contribution in [3.8, 4) is 11.5 Å². The summed E-state index contributed by atoms with van der Waals surface area (Å²) < 4.78 is 10.6. The van der Waals surface area contributed by atoms with E-state index in [0.29, 0.717) is 22.1 Å². The molecule has 2 heterocycles. The van der Waals surface area contributed by atoms with Gasteiger partial charge in [0.1, 0.15) is 12.1 Å². The van der Waals surface area contributed by atoms with Crippen molar-refractivity contribution in [1.82, 2.24) is 15.5 Å². The zero-order valence-corrected chi connectivity index (χ0v) is 16.3. The van der Waals surface area contributed by atoms with Crippen LogP contribution in [0.3, 0.4) is 0 Å². The Kier molecular flexibility index (Phi) is 4.79. The molecule has 9 heteroatoms. The maximum absolute atomic E-state index is 13.0. The quantitative estimate of drug-likeness (QED) is 0.729. The number of hydrogen-bond donors (Lipinski definition) is 2. The zero-order valence-electron chi connectivity index (χ0n) is 15.5. The molecule has 0 saturated carbocycles. The Morgan fingerprint density at radius 1 is 1.17 bits per heavy atom. The number of rotatable bonds is 5. The van der Waals surface area contributed by atoms with Gasteiger partial charge in [-0.25, -0.2) is 4.79 Å². The van der Waals surface area contributed by atoms with Gasteiger partial charge >= 0.3 is 6.03 Å². The van der Waals surface area contributed by atoms with Crippen molar-refractivity contribution < 1.29 is 23.9 Å². The van der Waals surface area contributed by atoms with E-state index in [0.717, 1.165) is 10.5 Å². The lowest BCUT2D eigenvalue weighted by Gasteiger charge is -2.22. The summed E-state index contributed by atoms with van der Waals surface area (Å²) >= 11 is 5.84. The minimum atomic E-state index is -1.30. The van der Waals surface area contributed by atoms with Gasteiger partial charge in [-0.1, -0.05) is 29.8 Å². The van der Waals surface area contributed by atoms with E-state index in [-0.39, 0.29) is 19.9 Å². The van der Waals surface area contributed by atoms with Crippen LogP contribution in [0.15, 0.2) is 42.5 Å². The molecule has 0 aromatic heterocycles. The van der Waals surface area contributed by atoms with Crippen LogP contribution < -0.4 is 20.1 Å². The van der Waals surface area contributed by atoms with E-state index in [1.54, 1.807) is 49.4 Å². The van der Waals surface area contributed by atoms with Gasteiger partial charge in [0.25, 0.3) is 5.91 Å². The molecular weight excluding hydrogens is 398 g/mol. The Hall–Kier alpha value is -3.26. The lowest BCUT2D eigenvalue weighted by atomic mass is 9.91. The first kappa shape index (κ1) is 19.1. The molecular formula is C20H18ClN3O5. The fourth-order valence-electron chi connectivity index (χ4n) is 3.25. The second-order valence-electron chi connectivity index (χ2n) is 6.92. The lowest BCUT2D eigenvalue weighted by molar-refractivity contribution is -0.134. The molecule has 29 heavy (non-hydrogen) atoms. The molecule has 0 aliphatic carbocycles. The molecule has 0 unspecified atom stereocenters. The summed E-state index contributed by atoms with van der Waals surface area (Å²) in [5.41, 5.74) is 0.100. The van der Waals surface area contributed by atoms with E-state index in [2.05, 4.69) is 10.6 Å². The van der Waals surface area contributed by atoms with Crippen LogP contribution in [-0.4, -0.2) is 36.1 Å². The molecule has 4 rings (SSSR count). The topological polar surface area (TPSA) is 97.0 Å². The third-order valence-electron chi connectivity index (χ3n) is 4.93. The Labute approximate surface area is 171 Å². The highest BCUT2D eigenvalue weighted by atomic mass is 35.5. The summed E-state index contributed by atoms with van der Waals surface area (Å²) in [5.74, 6) is 0.124. The van der Waals surface area contributed by atoms with Crippen molar-refractivity contribution in [3.05, 3.63) is 58.6 Å². The van der Waals surface area contributed by atoms with E-state index in [9.17, 15) is 14.4 Å². The molecule has 2 aromatic carbocycles. The van der Waals surface area contributed by atoms with Gasteiger partial charge in [0.05, 0.1) is 0 Å². The summed E-state index contributed by atoms with van der Waals surface area (Å²) in [6.45, 7) is 1.59. The largest absolute Gasteiger partial charge is 0.454 e. The van der Waals surface area contributed by atoms with Crippen LogP contribution in [0.2, 0.25) is 5.02 Å². The van der Waals surface area contributed by atoms with Gasteiger partial charge in [0.2, 0.25) is 12.7 Å². The normalized spacial score (nSPS) is 20.0. The number of hydrogen-bond acceptors (Lipinski definition) is 5. The molecule has 2 aromatic rings. The van der Waals surface area contributed by atoms with Crippen LogP contribution in [0.25, 0.3) is 0 Å². The van der Waals surface area contributed by atoms with E-state index in [1.807, 2.05) is 0 Å². The third kappa shape index (κ3) is 3.58. The van der Waals surface area contributed by atoms with E-state index >= 15 is 0 Å². The fourth-order valence-corrected chi connectivity index (χ4v) is 3.37. The summed E-state index contributed by atoms with van der Waals surface area (Å²) in [6, 6.07) is 11.4. The molecule has 150 valence electrons. The second kappa shape index (κ2) is 7.29. The predicted octanol–water partition coefficient (Wildman–Crippen LogP) is 2.15. The molecule has 1 fully saturated rings. The monoisotopic (exact) mass is 415 g/mol. The van der Waals surface area contributed by atoms with Gasteiger partial charge in [0, 0.05) is 11.6 Å². The SMILES string of the molecule is C[C@@]1(c2ccc3c(c2)OCO3)NC(=O)N(CC(=O)NCc2ccc(Cl)cc2)C1=O. The first-order valence-electron chi connectivity index (χ1n) is 8.92. The Morgan fingerprint density at radius 3 is 2.66 bits per heavy atom. The number of amides is 4. The first-order valence-corrected chi connectivity index (χ1v) is 9.30. The Morgan fingerprint density at radius 2 is 1.90 bits per heavy atom. The van der Waals surface area contributed by atoms with Crippen molar-refractivity contribution in [3.63, 3.8) is 0 Å². The van der Waals surface area contributed by atoms with Crippen molar-refractivity contribution in [2.24, 2.45) is 0 Å². The first-order chi connectivity index (χ1) is 13.9. The number of nitrogens with one attached hydrogen (secondary N) is 2. The average Bonchev–Trinajstić information content (AvgIpc) is 3.26. The molecule has 8 nitrogen and oxygen atoms in total. The number of carbonyl (C=O) groups excluding carboxylic acids is 3. The number of nitrogens with zero attached hydrogens (tertiary/aromatic N) is 1. The summed E-state index contributed by atoms with van der Waals surface area (Å²) in [4.78, 5) is 38.5. The average molecular weight is 416 g/mol. The number of ether oxygens (including phenoxy) is 2. The van der Waals surface area contributed by atoms with E-state index in [4.69, 9.17) is 21.1 Å². The zero-order chi connectivity index (χ0) is 20.6. The maximum atomic E-state index is 13.0. The van der Waals surface area contributed by atoms with Crippen molar-refractivity contribution >= 4 is 29.4 Å². The minimum Gasteiger partial charge on any atom is -0.454 e. The standard InChI is InChI=1S/C20H18ClN3O5/c1-20(13-4-7-15-16(8-13)29-11-28-15)18(26)24(19(27)23-20)10-17(25)22-9-12-2-5-14(21)6-3-12/h2-8H,9-11H2,1H3,(H,22,25)(H,23,27)/t20-/m0/s1. The molecule has 0 spiro atoms. The molecule has 1 atom stereocenters. The van der Waals surface area contributed by atoms with Gasteiger partial charge in [-0.05, 0) is 42.3 Å². The smallest absolute Gasteiger partial charge is 0.325 e. The minimum absolute atomic E-state index is 0.107. The summed E-state index contributed by atoms with van der Waals surface area (Å²) in [7, 11) is 0. The van der Waals surface area contributed by atoms with Gasteiger partial charge < -0.3 is 20.1 Å². The second-order valence-corrected chi connectivity index (χ2v) is 7.35. The molecule has 2 aliphatic heterocycles. The van der Waals surface area contributed by atoms with E-state index < -0.39 is 23.4 Å². The Balaban J connectivity index is 1.43. The fraction of sp³-hybridized carbons (Fsp3) is 0.250. The molecule has 0 radical (unpaired) electrons. The molecule has 2 aliphatic rings. The number of imide groups is 1. The number of urea groups is 1. The lowest BCUT2D eigenvalue weighted by Crippen LogP contribution is -2.43. The van der Waals surface area contributed by atoms with Crippen LogP contribution in [-0.2, 0) is 21.7 Å². The molecule has 2 N–H and O–H groups in total. The summed E-state index contributed by atoms with van der Waals surface area (Å²) in [5, 5.41) is 5.96. The highest BCUT2D eigenvalue weighted by Gasteiger charge is 2.49. The Bertz CT molecular complexity index is 994. The maximum Gasteiger partial charge on any atom is 0.325 e. The highest BCUT2D eigenvalue weighted by molar-refractivity contribution is 6.30. The molecule has 4 amide bonds. The van der Waals surface area contributed by atoms with Crippen LogP contribution >= 0.6 is 11.6 Å². The van der Waals surface area contributed by atoms with Crippen molar-refractivity contribution in [1.29, 1.82) is 0 Å². The van der Waals surface area contributed by atoms with Crippen molar-refractivity contribution in [2.75, 3.05) is 13.3 Å². The van der Waals surface area contributed by atoms with E-state index in [1.165, 1.54) is 0 Å². The highest BCUT2D eigenvalue weighted by Crippen LogP contribution is 2.37. The van der Waals surface area contributed by atoms with Crippen LogP contribution in [0.5, 0.6) is 11.5 Å². The third-order valence-corrected chi connectivity index (χ3v) is 5.18. The van der Waals surface area contributed by atoms with Gasteiger partial charge in [-0.15, -0.1) is 0 Å². The summed E-state index contributed by atoms with van der Waals surface area (Å²) in [6.07, 6.45) is 0. The molecule has 1 saturated heterocycles. The van der Waals surface area contributed by atoms with Gasteiger partial charge in [0.15, 0.2) is 11.5 Å². The van der Waals surface area contributed by atoms with Crippen LogP contribution in [0.1, 0.15) is 18.1 Å². The number of carbonyl (C=O) groups is 3. The van der Waals surface area contributed by atoms with Gasteiger partial charge in [-0.3, -0.25) is 14.5 Å². The predicted molar refractivity (Wildman–Crippen MR) is 103 cm³/mol.